The van der Waals surface area contributed by atoms with Crippen molar-refractivity contribution in [1.29, 1.82) is 0 Å². The van der Waals surface area contributed by atoms with Crippen LogP contribution in [0.5, 0.6) is 0 Å². The van der Waals surface area contributed by atoms with Crippen molar-refractivity contribution in [2.75, 3.05) is 39.4 Å². The second-order valence-electron chi connectivity index (χ2n) is 5.54. The van der Waals surface area contributed by atoms with Crippen molar-refractivity contribution < 1.29 is 9.53 Å². The largest absolute Gasteiger partial charge is 0.381 e. The lowest BCUT2D eigenvalue weighted by Gasteiger charge is -2.21. The van der Waals surface area contributed by atoms with Gasteiger partial charge in [0.1, 0.15) is 0 Å². The fourth-order valence-corrected chi connectivity index (χ4v) is 3.39. The third kappa shape index (κ3) is 5.34. The highest BCUT2D eigenvalue weighted by atomic mass is 32.1. The molecule has 0 spiro atoms. The van der Waals surface area contributed by atoms with E-state index >= 15 is 0 Å². The highest BCUT2D eigenvalue weighted by molar-refractivity contribution is 7.09. The van der Waals surface area contributed by atoms with Gasteiger partial charge in [-0.2, -0.15) is 0 Å². The highest BCUT2D eigenvalue weighted by Gasteiger charge is 2.19. The molecule has 2 heterocycles. The summed E-state index contributed by atoms with van der Waals surface area (Å²) in [7, 11) is 0. The quantitative estimate of drug-likeness (QED) is 0.721. The van der Waals surface area contributed by atoms with Gasteiger partial charge in [0.2, 0.25) is 5.91 Å². The van der Waals surface area contributed by atoms with Crippen molar-refractivity contribution in [2.45, 2.75) is 39.7 Å². The van der Waals surface area contributed by atoms with E-state index in [4.69, 9.17) is 4.74 Å². The first-order valence-electron chi connectivity index (χ1n) is 8.24. The molecule has 6 heteroatoms. The maximum atomic E-state index is 12.1. The number of hydrogen-bond donors (Lipinski definition) is 0. The van der Waals surface area contributed by atoms with Crippen molar-refractivity contribution in [2.24, 2.45) is 0 Å². The summed E-state index contributed by atoms with van der Waals surface area (Å²) in [4.78, 5) is 21.2. The van der Waals surface area contributed by atoms with Gasteiger partial charge >= 0.3 is 0 Å². The summed E-state index contributed by atoms with van der Waals surface area (Å²) >= 11 is 1.74. The Kier molecular flexibility index (Phi) is 7.29. The number of ether oxygens (including phenoxy) is 1. The van der Waals surface area contributed by atoms with Crippen LogP contribution >= 0.6 is 11.3 Å². The van der Waals surface area contributed by atoms with Crippen LogP contribution in [-0.2, 0) is 22.5 Å². The Balaban J connectivity index is 1.78. The third-order valence-corrected chi connectivity index (χ3v) is 4.93. The molecule has 1 aromatic heterocycles. The topological polar surface area (TPSA) is 45.7 Å². The molecule has 22 heavy (non-hydrogen) atoms. The monoisotopic (exact) mass is 325 g/mol. The maximum absolute atomic E-state index is 12.1. The van der Waals surface area contributed by atoms with Gasteiger partial charge in [-0.1, -0.05) is 6.92 Å². The van der Waals surface area contributed by atoms with E-state index in [0.717, 1.165) is 51.3 Å². The zero-order valence-electron chi connectivity index (χ0n) is 13.7. The van der Waals surface area contributed by atoms with Crippen LogP contribution in [-0.4, -0.2) is 60.1 Å². The number of hydrogen-bond acceptors (Lipinski definition) is 5. The Labute approximate surface area is 137 Å². The van der Waals surface area contributed by atoms with Gasteiger partial charge in [0.15, 0.2) is 0 Å². The summed E-state index contributed by atoms with van der Waals surface area (Å²) in [5, 5.41) is 3.37. The molecule has 1 amide bonds. The minimum Gasteiger partial charge on any atom is -0.381 e. The average Bonchev–Trinajstić information content (AvgIpc) is 2.84. The van der Waals surface area contributed by atoms with E-state index in [1.165, 1.54) is 5.01 Å². The molecule has 1 aliphatic heterocycles. The molecular weight excluding hydrogens is 298 g/mol. The summed E-state index contributed by atoms with van der Waals surface area (Å²) in [5.74, 6) is 0.220. The van der Waals surface area contributed by atoms with Gasteiger partial charge in [-0.3, -0.25) is 9.69 Å². The molecule has 0 unspecified atom stereocenters. The van der Waals surface area contributed by atoms with Crippen LogP contribution < -0.4 is 0 Å². The summed E-state index contributed by atoms with van der Waals surface area (Å²) in [6, 6.07) is 0. The number of aromatic nitrogens is 1. The van der Waals surface area contributed by atoms with Gasteiger partial charge in [0.25, 0.3) is 0 Å². The van der Waals surface area contributed by atoms with Crippen LogP contribution in [0.4, 0.5) is 0 Å². The smallest absolute Gasteiger partial charge is 0.224 e. The Morgan fingerprint density at radius 2 is 2.18 bits per heavy atom. The predicted octanol–water partition coefficient (Wildman–Crippen LogP) is 2.17. The number of carbonyl (C=O) groups is 1. The molecule has 0 aliphatic carbocycles. The highest BCUT2D eigenvalue weighted by Crippen LogP contribution is 2.14. The van der Waals surface area contributed by atoms with E-state index in [1.54, 1.807) is 11.3 Å². The Morgan fingerprint density at radius 1 is 1.32 bits per heavy atom. The lowest BCUT2D eigenvalue weighted by atomic mass is 10.3. The molecule has 0 aromatic carbocycles. The number of nitrogens with zero attached hydrogens (tertiary/aromatic N) is 3. The Bertz CT molecular complexity index is 464. The van der Waals surface area contributed by atoms with E-state index in [-0.39, 0.29) is 5.91 Å². The normalized spacial score (nSPS) is 16.7. The minimum atomic E-state index is 0.220. The molecule has 0 atom stereocenters. The number of aryl methyl sites for hydroxylation is 1. The first kappa shape index (κ1) is 17.4. The summed E-state index contributed by atoms with van der Waals surface area (Å²) in [6.07, 6.45) is 2.54. The summed E-state index contributed by atoms with van der Waals surface area (Å²) < 4.78 is 5.27. The zero-order valence-corrected chi connectivity index (χ0v) is 14.5. The molecule has 124 valence electrons. The second-order valence-corrected chi connectivity index (χ2v) is 6.49. The fraction of sp³-hybridized carbons (Fsp3) is 0.750. The summed E-state index contributed by atoms with van der Waals surface area (Å²) in [6.45, 7) is 9.85. The average molecular weight is 325 g/mol. The van der Waals surface area contributed by atoms with Crippen molar-refractivity contribution >= 4 is 17.2 Å². The van der Waals surface area contributed by atoms with Crippen LogP contribution in [0.2, 0.25) is 0 Å². The molecule has 1 aliphatic rings. The van der Waals surface area contributed by atoms with Crippen LogP contribution in [0, 0.1) is 0 Å². The standard InChI is InChI=1S/C16H27N3O2S/c1-3-15-17-14(13-22-15)12-18-7-5-8-19(10-9-18)16(20)6-11-21-4-2/h13H,3-12H2,1-2H3. The molecule has 1 saturated heterocycles. The Hall–Kier alpha value is -0.980. The van der Waals surface area contributed by atoms with Gasteiger partial charge in [-0.25, -0.2) is 4.98 Å². The molecule has 5 nitrogen and oxygen atoms in total. The predicted molar refractivity (Wildman–Crippen MR) is 89.1 cm³/mol. The first-order valence-corrected chi connectivity index (χ1v) is 9.12. The third-order valence-electron chi connectivity index (χ3n) is 3.89. The van der Waals surface area contributed by atoms with Gasteiger partial charge in [0.05, 0.1) is 23.7 Å². The second kappa shape index (κ2) is 9.22. The number of rotatable bonds is 7. The first-order chi connectivity index (χ1) is 10.7. The van der Waals surface area contributed by atoms with E-state index in [1.807, 2.05) is 11.8 Å². The van der Waals surface area contributed by atoms with E-state index in [2.05, 4.69) is 22.2 Å². The van der Waals surface area contributed by atoms with Gasteiger partial charge in [-0.15, -0.1) is 11.3 Å². The van der Waals surface area contributed by atoms with Crippen molar-refractivity contribution in [3.8, 4) is 0 Å². The van der Waals surface area contributed by atoms with Crippen LogP contribution in [0.3, 0.4) is 0 Å². The molecule has 1 fully saturated rings. The Morgan fingerprint density at radius 3 is 2.91 bits per heavy atom. The van der Waals surface area contributed by atoms with Crippen LogP contribution in [0.15, 0.2) is 5.38 Å². The lowest BCUT2D eigenvalue weighted by molar-refractivity contribution is -0.132. The lowest BCUT2D eigenvalue weighted by Crippen LogP contribution is -2.35. The van der Waals surface area contributed by atoms with E-state index in [0.29, 0.717) is 19.6 Å². The SMILES string of the molecule is CCOCCC(=O)N1CCCN(Cc2csc(CC)n2)CC1. The van der Waals surface area contributed by atoms with Crippen molar-refractivity contribution in [1.82, 2.24) is 14.8 Å². The van der Waals surface area contributed by atoms with Crippen LogP contribution in [0.25, 0.3) is 0 Å². The number of carbonyl (C=O) groups excluding carboxylic acids is 1. The number of thiazole rings is 1. The molecular formula is C16H27N3O2S. The van der Waals surface area contributed by atoms with Gasteiger partial charge in [-0.05, 0) is 19.8 Å². The molecule has 0 saturated carbocycles. The minimum absolute atomic E-state index is 0.220. The molecule has 0 bridgehead atoms. The van der Waals surface area contributed by atoms with Gasteiger partial charge < -0.3 is 9.64 Å². The fourth-order valence-electron chi connectivity index (χ4n) is 2.65. The van der Waals surface area contributed by atoms with Crippen molar-refractivity contribution in [3.63, 3.8) is 0 Å². The molecule has 0 N–H and O–H groups in total. The van der Waals surface area contributed by atoms with Crippen molar-refractivity contribution in [3.05, 3.63) is 16.1 Å². The number of amides is 1. The molecule has 0 radical (unpaired) electrons. The van der Waals surface area contributed by atoms with Gasteiger partial charge in [0, 0.05) is 44.7 Å². The van der Waals surface area contributed by atoms with E-state index in [9.17, 15) is 4.79 Å². The summed E-state index contributed by atoms with van der Waals surface area (Å²) in [5.41, 5.74) is 1.16. The zero-order chi connectivity index (χ0) is 15.8. The van der Waals surface area contributed by atoms with E-state index < -0.39 is 0 Å². The molecule has 2 rings (SSSR count). The molecule has 1 aromatic rings. The van der Waals surface area contributed by atoms with Crippen LogP contribution in [0.1, 0.15) is 37.4 Å². The maximum Gasteiger partial charge on any atom is 0.224 e.